The Hall–Kier alpha value is -3.76. The van der Waals surface area contributed by atoms with Crippen molar-refractivity contribution in [1.29, 1.82) is 0 Å². The van der Waals surface area contributed by atoms with Crippen LogP contribution in [0.4, 0.5) is 23.1 Å². The van der Waals surface area contributed by atoms with Crippen molar-refractivity contribution in [3.05, 3.63) is 50.3 Å². The number of nitro benzene ring substituents is 1. The van der Waals surface area contributed by atoms with Crippen molar-refractivity contribution < 1.29 is 14.5 Å². The Kier molecular flexibility index (Phi) is 5.40. The van der Waals surface area contributed by atoms with Crippen molar-refractivity contribution >= 4 is 35.0 Å². The standard InChI is InChI=1S/C20H22N6O5/c1-11-3-2-8-25(10-11)20-23-17-16(19(29)24-20)14(9-15(27)22-17)18(28)21-12-4-6-13(7-5-12)26(30)31/h4-7,11,14H,2-3,8-10H2,1H3,(H,21,28)(H2,22,23,24,27,29)/t11-,14-/m0/s1. The Labute approximate surface area is 177 Å². The van der Waals surface area contributed by atoms with E-state index in [2.05, 4.69) is 27.5 Å². The van der Waals surface area contributed by atoms with Gasteiger partial charge in [-0.15, -0.1) is 0 Å². The van der Waals surface area contributed by atoms with Crippen LogP contribution in [-0.4, -0.2) is 39.8 Å². The number of aromatic nitrogens is 2. The molecule has 3 N–H and O–H groups in total. The number of rotatable bonds is 4. The third kappa shape index (κ3) is 4.25. The Balaban J connectivity index is 1.60. The van der Waals surface area contributed by atoms with Crippen molar-refractivity contribution in [1.82, 2.24) is 9.97 Å². The summed E-state index contributed by atoms with van der Waals surface area (Å²) in [4.78, 5) is 57.4. The first kappa shape index (κ1) is 20.5. The number of non-ortho nitro benzene ring substituents is 1. The van der Waals surface area contributed by atoms with Crippen LogP contribution in [0.3, 0.4) is 0 Å². The summed E-state index contributed by atoms with van der Waals surface area (Å²) in [5.74, 6) is -1.05. The minimum Gasteiger partial charge on any atom is -0.342 e. The zero-order valence-electron chi connectivity index (χ0n) is 16.9. The zero-order valence-corrected chi connectivity index (χ0v) is 16.9. The second kappa shape index (κ2) is 8.17. The number of benzene rings is 1. The minimum atomic E-state index is -1.02. The Morgan fingerprint density at radius 3 is 2.71 bits per heavy atom. The molecular weight excluding hydrogens is 404 g/mol. The lowest BCUT2D eigenvalue weighted by molar-refractivity contribution is -0.384. The van der Waals surface area contributed by atoms with Gasteiger partial charge >= 0.3 is 0 Å². The van der Waals surface area contributed by atoms with E-state index in [9.17, 15) is 24.5 Å². The topological polar surface area (TPSA) is 150 Å². The van der Waals surface area contributed by atoms with Crippen LogP contribution in [0.25, 0.3) is 0 Å². The predicted molar refractivity (Wildman–Crippen MR) is 113 cm³/mol. The summed E-state index contributed by atoms with van der Waals surface area (Å²) in [6, 6.07) is 5.31. The summed E-state index contributed by atoms with van der Waals surface area (Å²) in [7, 11) is 0. The number of hydrogen-bond acceptors (Lipinski definition) is 7. The smallest absolute Gasteiger partial charge is 0.269 e. The van der Waals surface area contributed by atoms with Gasteiger partial charge in [-0.3, -0.25) is 29.5 Å². The van der Waals surface area contributed by atoms with Gasteiger partial charge in [0.25, 0.3) is 11.2 Å². The quantitative estimate of drug-likeness (QED) is 0.499. The first-order chi connectivity index (χ1) is 14.8. The van der Waals surface area contributed by atoms with Crippen LogP contribution in [-0.2, 0) is 9.59 Å². The number of nitrogens with zero attached hydrogens (tertiary/aromatic N) is 3. The highest BCUT2D eigenvalue weighted by Crippen LogP contribution is 2.31. The number of amides is 2. The Morgan fingerprint density at radius 2 is 2.03 bits per heavy atom. The molecule has 1 aromatic carbocycles. The lowest BCUT2D eigenvalue weighted by atomic mass is 9.92. The average Bonchev–Trinajstić information content (AvgIpc) is 2.73. The molecule has 0 spiro atoms. The molecule has 0 bridgehead atoms. The third-order valence-electron chi connectivity index (χ3n) is 5.56. The van der Waals surface area contributed by atoms with Crippen LogP contribution >= 0.6 is 0 Å². The molecule has 0 saturated carbocycles. The van der Waals surface area contributed by atoms with Crippen LogP contribution < -0.4 is 21.1 Å². The van der Waals surface area contributed by atoms with Gasteiger partial charge in [0.2, 0.25) is 17.8 Å². The maximum absolute atomic E-state index is 12.9. The number of piperidine rings is 1. The van der Waals surface area contributed by atoms with Gasteiger partial charge in [-0.05, 0) is 30.9 Å². The maximum atomic E-state index is 12.9. The Morgan fingerprint density at radius 1 is 1.29 bits per heavy atom. The largest absolute Gasteiger partial charge is 0.342 e. The molecule has 2 aliphatic rings. The van der Waals surface area contributed by atoms with E-state index in [-0.39, 0.29) is 23.5 Å². The lowest BCUT2D eigenvalue weighted by Gasteiger charge is -2.32. The normalized spacial score (nSPS) is 20.5. The molecule has 1 saturated heterocycles. The van der Waals surface area contributed by atoms with E-state index in [1.54, 1.807) is 0 Å². The average molecular weight is 426 g/mol. The predicted octanol–water partition coefficient (Wildman–Crippen LogP) is 1.98. The summed E-state index contributed by atoms with van der Waals surface area (Å²) >= 11 is 0. The van der Waals surface area contributed by atoms with Crippen LogP contribution in [0.1, 0.15) is 37.7 Å². The second-order valence-corrected chi connectivity index (χ2v) is 7.94. The molecule has 0 radical (unpaired) electrons. The summed E-state index contributed by atoms with van der Waals surface area (Å²) in [6.45, 7) is 3.63. The fraction of sp³-hybridized carbons (Fsp3) is 0.400. The fourth-order valence-corrected chi connectivity index (χ4v) is 4.01. The molecule has 162 valence electrons. The second-order valence-electron chi connectivity index (χ2n) is 7.94. The molecule has 4 rings (SSSR count). The van der Waals surface area contributed by atoms with Crippen LogP contribution in [0.2, 0.25) is 0 Å². The number of nitrogens with one attached hydrogen (secondary N) is 3. The first-order valence-electron chi connectivity index (χ1n) is 10.1. The van der Waals surface area contributed by atoms with Crippen molar-refractivity contribution in [2.45, 2.75) is 32.1 Å². The van der Waals surface area contributed by atoms with E-state index in [1.165, 1.54) is 24.3 Å². The fourth-order valence-electron chi connectivity index (χ4n) is 4.01. The highest BCUT2D eigenvalue weighted by atomic mass is 16.6. The van der Waals surface area contributed by atoms with Gasteiger partial charge in [-0.25, -0.2) is 0 Å². The number of H-pyrrole nitrogens is 1. The number of fused-ring (bicyclic) bond motifs is 1. The summed E-state index contributed by atoms with van der Waals surface area (Å²) in [6.07, 6.45) is 1.89. The summed E-state index contributed by atoms with van der Waals surface area (Å²) in [5.41, 5.74) is -0.151. The lowest BCUT2D eigenvalue weighted by Crippen LogP contribution is -2.40. The SMILES string of the molecule is C[C@H]1CCCN(c2nc3c(c(=O)[nH]2)[C@@H](C(=O)Nc2ccc([N+](=O)[O-])cc2)CC(=O)N3)C1. The van der Waals surface area contributed by atoms with Crippen molar-refractivity contribution in [2.24, 2.45) is 5.92 Å². The van der Waals surface area contributed by atoms with E-state index in [1.807, 2.05) is 4.90 Å². The molecule has 0 aliphatic carbocycles. The van der Waals surface area contributed by atoms with Gasteiger partial charge in [0, 0.05) is 37.3 Å². The zero-order chi connectivity index (χ0) is 22.1. The van der Waals surface area contributed by atoms with Crippen molar-refractivity contribution in [2.75, 3.05) is 28.6 Å². The van der Waals surface area contributed by atoms with E-state index in [0.29, 0.717) is 17.6 Å². The summed E-state index contributed by atoms with van der Waals surface area (Å²) < 4.78 is 0. The van der Waals surface area contributed by atoms with Gasteiger partial charge in [0.15, 0.2) is 0 Å². The molecular formula is C20H22N6O5. The molecule has 2 atom stereocenters. The highest BCUT2D eigenvalue weighted by Gasteiger charge is 2.35. The molecule has 1 aromatic heterocycles. The molecule has 11 heteroatoms. The molecule has 31 heavy (non-hydrogen) atoms. The van der Waals surface area contributed by atoms with E-state index >= 15 is 0 Å². The van der Waals surface area contributed by atoms with Crippen LogP contribution in [0, 0.1) is 16.0 Å². The van der Waals surface area contributed by atoms with Gasteiger partial charge in [-0.2, -0.15) is 4.98 Å². The van der Waals surface area contributed by atoms with E-state index in [4.69, 9.17) is 0 Å². The van der Waals surface area contributed by atoms with Crippen LogP contribution in [0.15, 0.2) is 29.1 Å². The van der Waals surface area contributed by atoms with Crippen LogP contribution in [0.5, 0.6) is 0 Å². The van der Waals surface area contributed by atoms with Crippen molar-refractivity contribution in [3.63, 3.8) is 0 Å². The minimum absolute atomic E-state index is 0.0945. The molecule has 2 aromatic rings. The van der Waals surface area contributed by atoms with Gasteiger partial charge in [-0.1, -0.05) is 6.92 Å². The molecule has 3 heterocycles. The molecule has 11 nitrogen and oxygen atoms in total. The summed E-state index contributed by atoms with van der Waals surface area (Å²) in [5, 5.41) is 16.0. The molecule has 2 amide bonds. The number of carbonyl (C=O) groups excluding carboxylic acids is 2. The van der Waals surface area contributed by atoms with Crippen molar-refractivity contribution in [3.8, 4) is 0 Å². The third-order valence-corrected chi connectivity index (χ3v) is 5.56. The molecule has 2 aliphatic heterocycles. The number of carbonyl (C=O) groups is 2. The number of aromatic amines is 1. The van der Waals surface area contributed by atoms with E-state index < -0.39 is 28.2 Å². The molecule has 1 fully saturated rings. The van der Waals surface area contributed by atoms with Gasteiger partial charge < -0.3 is 15.5 Å². The number of hydrogen-bond donors (Lipinski definition) is 3. The first-order valence-corrected chi connectivity index (χ1v) is 10.1. The highest BCUT2D eigenvalue weighted by molar-refractivity contribution is 6.04. The Bertz CT molecular complexity index is 1100. The maximum Gasteiger partial charge on any atom is 0.269 e. The monoisotopic (exact) mass is 426 g/mol. The number of anilines is 3. The van der Waals surface area contributed by atoms with Gasteiger partial charge in [0.05, 0.1) is 16.4 Å². The number of nitro groups is 1. The van der Waals surface area contributed by atoms with Gasteiger partial charge in [0.1, 0.15) is 5.82 Å². The molecule has 0 unspecified atom stereocenters. The van der Waals surface area contributed by atoms with E-state index in [0.717, 1.165) is 25.9 Å².